The summed E-state index contributed by atoms with van der Waals surface area (Å²) in [4.78, 5) is 35.1. The zero-order chi connectivity index (χ0) is 16.1. The lowest BCUT2D eigenvalue weighted by molar-refractivity contribution is -0.130. The first-order chi connectivity index (χ1) is 10.5. The number of ketones is 1. The standard InChI is InChI=1S/C16H19FN2O3/c17-12-6-4-10(5-7-12)8-14(21)19-15(16(18)22)11-2-1-3-13(20)9-11/h4-7,11,15H,1-3,8-9H2,(H2,18,22)(H,19,21)/t11-,15+/m0/s1. The van der Waals surface area contributed by atoms with Gasteiger partial charge in [0.15, 0.2) is 0 Å². The third-order valence-electron chi connectivity index (χ3n) is 3.89. The van der Waals surface area contributed by atoms with Crippen LogP contribution in [0.5, 0.6) is 0 Å². The van der Waals surface area contributed by atoms with E-state index in [9.17, 15) is 18.8 Å². The molecule has 22 heavy (non-hydrogen) atoms. The van der Waals surface area contributed by atoms with E-state index in [0.29, 0.717) is 24.8 Å². The van der Waals surface area contributed by atoms with Gasteiger partial charge < -0.3 is 11.1 Å². The van der Waals surface area contributed by atoms with Gasteiger partial charge in [-0.15, -0.1) is 0 Å². The number of carbonyl (C=O) groups is 3. The predicted molar refractivity (Wildman–Crippen MR) is 78.2 cm³/mol. The zero-order valence-electron chi connectivity index (χ0n) is 12.2. The van der Waals surface area contributed by atoms with Crippen LogP contribution in [-0.4, -0.2) is 23.6 Å². The Morgan fingerprint density at radius 3 is 2.59 bits per heavy atom. The highest BCUT2D eigenvalue weighted by Crippen LogP contribution is 2.24. The van der Waals surface area contributed by atoms with Gasteiger partial charge >= 0.3 is 0 Å². The van der Waals surface area contributed by atoms with Crippen molar-refractivity contribution in [1.82, 2.24) is 5.32 Å². The molecule has 0 aliphatic heterocycles. The Balaban J connectivity index is 1.98. The van der Waals surface area contributed by atoms with Crippen molar-refractivity contribution < 1.29 is 18.8 Å². The summed E-state index contributed by atoms with van der Waals surface area (Å²) >= 11 is 0. The summed E-state index contributed by atoms with van der Waals surface area (Å²) in [6, 6.07) is 4.73. The number of nitrogens with two attached hydrogens (primary N) is 1. The molecule has 1 aromatic rings. The first-order valence-corrected chi connectivity index (χ1v) is 7.30. The summed E-state index contributed by atoms with van der Waals surface area (Å²) in [6.07, 6.45) is 2.22. The number of rotatable bonds is 5. The van der Waals surface area contributed by atoms with Gasteiger partial charge in [-0.05, 0) is 36.5 Å². The number of primary amides is 1. The molecule has 1 fully saturated rings. The quantitative estimate of drug-likeness (QED) is 0.853. The minimum absolute atomic E-state index is 0.0325. The van der Waals surface area contributed by atoms with E-state index >= 15 is 0 Å². The topological polar surface area (TPSA) is 89.3 Å². The van der Waals surface area contributed by atoms with Crippen molar-refractivity contribution in [3.63, 3.8) is 0 Å². The van der Waals surface area contributed by atoms with E-state index in [1.54, 1.807) is 0 Å². The predicted octanol–water partition coefficient (Wildman–Crippen LogP) is 1.10. The molecule has 1 aliphatic rings. The van der Waals surface area contributed by atoms with Crippen molar-refractivity contribution in [3.05, 3.63) is 35.6 Å². The van der Waals surface area contributed by atoms with Crippen molar-refractivity contribution >= 4 is 17.6 Å². The van der Waals surface area contributed by atoms with Crippen LogP contribution in [0.15, 0.2) is 24.3 Å². The maximum absolute atomic E-state index is 12.8. The van der Waals surface area contributed by atoms with Crippen LogP contribution in [0.25, 0.3) is 0 Å². The Morgan fingerprint density at radius 2 is 2.00 bits per heavy atom. The third-order valence-corrected chi connectivity index (χ3v) is 3.89. The minimum atomic E-state index is -0.836. The largest absolute Gasteiger partial charge is 0.368 e. The van der Waals surface area contributed by atoms with Gasteiger partial charge in [0.25, 0.3) is 0 Å². The minimum Gasteiger partial charge on any atom is -0.368 e. The Kier molecular flexibility index (Phi) is 5.25. The van der Waals surface area contributed by atoms with Crippen LogP contribution in [0.2, 0.25) is 0 Å². The molecule has 3 N–H and O–H groups in total. The van der Waals surface area contributed by atoms with Crippen molar-refractivity contribution in [3.8, 4) is 0 Å². The summed E-state index contributed by atoms with van der Waals surface area (Å²) in [6.45, 7) is 0. The molecule has 0 heterocycles. The normalized spacial score (nSPS) is 19.5. The van der Waals surface area contributed by atoms with Gasteiger partial charge in [-0.1, -0.05) is 12.1 Å². The van der Waals surface area contributed by atoms with Gasteiger partial charge in [0.05, 0.1) is 6.42 Å². The SMILES string of the molecule is NC(=O)[C@H](NC(=O)Cc1ccc(F)cc1)[C@H]1CCCC(=O)C1. The molecule has 1 aromatic carbocycles. The fraction of sp³-hybridized carbons (Fsp3) is 0.438. The van der Waals surface area contributed by atoms with Gasteiger partial charge in [0, 0.05) is 12.8 Å². The zero-order valence-corrected chi connectivity index (χ0v) is 12.2. The van der Waals surface area contributed by atoms with Crippen LogP contribution in [-0.2, 0) is 20.8 Å². The maximum Gasteiger partial charge on any atom is 0.240 e. The molecule has 2 rings (SSSR count). The fourth-order valence-electron chi connectivity index (χ4n) is 2.78. The molecule has 0 unspecified atom stereocenters. The molecule has 1 aliphatic carbocycles. The van der Waals surface area contributed by atoms with Crippen molar-refractivity contribution in [2.24, 2.45) is 11.7 Å². The number of nitrogens with one attached hydrogen (secondary N) is 1. The summed E-state index contributed by atoms with van der Waals surface area (Å²) < 4.78 is 12.8. The number of benzene rings is 1. The molecule has 0 aromatic heterocycles. The molecule has 0 saturated heterocycles. The highest BCUT2D eigenvalue weighted by molar-refractivity contribution is 5.89. The number of hydrogen-bond acceptors (Lipinski definition) is 3. The Bertz CT molecular complexity index is 571. The number of carbonyl (C=O) groups excluding carboxylic acids is 3. The van der Waals surface area contributed by atoms with Gasteiger partial charge in [-0.25, -0.2) is 4.39 Å². The highest BCUT2D eigenvalue weighted by atomic mass is 19.1. The van der Waals surface area contributed by atoms with Gasteiger partial charge in [-0.3, -0.25) is 14.4 Å². The first kappa shape index (κ1) is 16.1. The second kappa shape index (κ2) is 7.15. The van der Waals surface area contributed by atoms with Crippen LogP contribution >= 0.6 is 0 Å². The molecule has 1 saturated carbocycles. The number of amides is 2. The number of Topliss-reactive ketones (excluding diaryl/α,β-unsaturated/α-hetero) is 1. The van der Waals surface area contributed by atoms with E-state index in [1.807, 2.05) is 0 Å². The van der Waals surface area contributed by atoms with Crippen molar-refractivity contribution in [1.29, 1.82) is 0 Å². The van der Waals surface area contributed by atoms with E-state index in [-0.39, 0.29) is 36.3 Å². The second-order valence-electron chi connectivity index (χ2n) is 5.65. The average Bonchev–Trinajstić information content (AvgIpc) is 2.47. The van der Waals surface area contributed by atoms with Gasteiger partial charge in [-0.2, -0.15) is 0 Å². The Morgan fingerprint density at radius 1 is 1.32 bits per heavy atom. The lowest BCUT2D eigenvalue weighted by Crippen LogP contribution is -2.50. The van der Waals surface area contributed by atoms with E-state index < -0.39 is 11.9 Å². The monoisotopic (exact) mass is 306 g/mol. The van der Waals surface area contributed by atoms with Crippen molar-refractivity contribution in [2.45, 2.75) is 38.1 Å². The molecule has 118 valence electrons. The van der Waals surface area contributed by atoms with Crippen LogP contribution in [0.4, 0.5) is 4.39 Å². The highest BCUT2D eigenvalue weighted by Gasteiger charge is 2.31. The molecule has 0 bridgehead atoms. The summed E-state index contributed by atoms with van der Waals surface area (Å²) in [5, 5.41) is 2.61. The number of hydrogen-bond donors (Lipinski definition) is 2. The molecular formula is C16H19FN2O3. The van der Waals surface area contributed by atoms with Crippen LogP contribution in [0.3, 0.4) is 0 Å². The Labute approximate surface area is 128 Å². The molecule has 0 radical (unpaired) electrons. The lowest BCUT2D eigenvalue weighted by Gasteiger charge is -2.28. The van der Waals surface area contributed by atoms with E-state index in [1.165, 1.54) is 24.3 Å². The summed E-state index contributed by atoms with van der Waals surface area (Å²) in [5.74, 6) is -1.52. The van der Waals surface area contributed by atoms with E-state index in [4.69, 9.17) is 5.73 Å². The Hall–Kier alpha value is -2.24. The van der Waals surface area contributed by atoms with Crippen LogP contribution < -0.4 is 11.1 Å². The summed E-state index contributed by atoms with van der Waals surface area (Å²) in [7, 11) is 0. The van der Waals surface area contributed by atoms with Crippen LogP contribution in [0, 0.1) is 11.7 Å². The molecular weight excluding hydrogens is 287 g/mol. The molecule has 2 atom stereocenters. The molecule has 6 heteroatoms. The second-order valence-corrected chi connectivity index (χ2v) is 5.65. The average molecular weight is 306 g/mol. The number of halogens is 1. The third kappa shape index (κ3) is 4.38. The maximum atomic E-state index is 12.8. The van der Waals surface area contributed by atoms with E-state index in [0.717, 1.165) is 0 Å². The molecule has 2 amide bonds. The lowest BCUT2D eigenvalue weighted by atomic mass is 9.83. The molecule has 0 spiro atoms. The first-order valence-electron chi connectivity index (χ1n) is 7.30. The van der Waals surface area contributed by atoms with Gasteiger partial charge in [0.2, 0.25) is 11.8 Å². The smallest absolute Gasteiger partial charge is 0.240 e. The van der Waals surface area contributed by atoms with E-state index in [2.05, 4.69) is 5.32 Å². The molecule has 5 nitrogen and oxygen atoms in total. The fourth-order valence-corrected chi connectivity index (χ4v) is 2.78. The van der Waals surface area contributed by atoms with Crippen LogP contribution in [0.1, 0.15) is 31.2 Å². The summed E-state index contributed by atoms with van der Waals surface area (Å²) in [5.41, 5.74) is 6.00. The van der Waals surface area contributed by atoms with Gasteiger partial charge in [0.1, 0.15) is 17.6 Å². The van der Waals surface area contributed by atoms with Crippen molar-refractivity contribution in [2.75, 3.05) is 0 Å².